The van der Waals surface area contributed by atoms with Gasteiger partial charge in [0.05, 0.1) is 5.92 Å². The number of hydrogen-bond donors (Lipinski definition) is 3. The lowest BCUT2D eigenvalue weighted by Crippen LogP contribution is -2.41. The molecule has 2 saturated heterocycles. The third-order valence-electron chi connectivity index (χ3n) is 5.19. The molecule has 4 unspecified atom stereocenters. The zero-order valence-corrected chi connectivity index (χ0v) is 11.8. The third-order valence-corrected chi connectivity index (χ3v) is 5.19. The molecule has 20 heavy (non-hydrogen) atoms. The van der Waals surface area contributed by atoms with Crippen LogP contribution in [0.15, 0.2) is 0 Å². The summed E-state index contributed by atoms with van der Waals surface area (Å²) in [5.74, 6) is -0.371. The van der Waals surface area contributed by atoms with Gasteiger partial charge in [0.25, 0.3) is 0 Å². The number of rotatable bonds is 4. The summed E-state index contributed by atoms with van der Waals surface area (Å²) in [5.41, 5.74) is 0. The van der Waals surface area contributed by atoms with Crippen LogP contribution in [-0.2, 0) is 9.59 Å². The predicted molar refractivity (Wildman–Crippen MR) is 74.2 cm³/mol. The molecule has 5 nitrogen and oxygen atoms in total. The van der Waals surface area contributed by atoms with Crippen LogP contribution in [0.5, 0.6) is 0 Å². The summed E-state index contributed by atoms with van der Waals surface area (Å²) in [6.45, 7) is 0. The normalized spacial score (nSPS) is 39.7. The highest BCUT2D eigenvalue weighted by molar-refractivity contribution is 5.77. The van der Waals surface area contributed by atoms with Crippen LogP contribution in [0.2, 0.25) is 0 Å². The molecule has 3 fully saturated rings. The lowest BCUT2D eigenvalue weighted by atomic mass is 9.89. The van der Waals surface area contributed by atoms with E-state index in [1.165, 1.54) is 12.8 Å². The fourth-order valence-corrected chi connectivity index (χ4v) is 4.23. The molecule has 4 atom stereocenters. The van der Waals surface area contributed by atoms with E-state index in [2.05, 4.69) is 10.6 Å². The summed E-state index contributed by atoms with van der Waals surface area (Å²) in [7, 11) is 0. The van der Waals surface area contributed by atoms with E-state index in [-0.39, 0.29) is 17.9 Å². The molecular weight excluding hydrogens is 256 g/mol. The number of amides is 1. The van der Waals surface area contributed by atoms with Gasteiger partial charge >= 0.3 is 5.97 Å². The van der Waals surface area contributed by atoms with E-state index in [0.29, 0.717) is 37.3 Å². The van der Waals surface area contributed by atoms with Crippen molar-refractivity contribution < 1.29 is 14.7 Å². The topological polar surface area (TPSA) is 78.4 Å². The smallest absolute Gasteiger partial charge is 0.306 e. The third kappa shape index (κ3) is 3.14. The molecule has 112 valence electrons. The average Bonchev–Trinajstić information content (AvgIpc) is 2.96. The number of carboxylic acid groups (broad SMARTS) is 1. The molecule has 0 radical (unpaired) electrons. The van der Waals surface area contributed by atoms with Crippen molar-refractivity contribution in [3.63, 3.8) is 0 Å². The molecule has 0 spiro atoms. The van der Waals surface area contributed by atoms with Gasteiger partial charge in [0.15, 0.2) is 0 Å². The molecule has 2 heterocycles. The molecule has 3 rings (SSSR count). The molecule has 3 N–H and O–H groups in total. The number of nitrogens with one attached hydrogen (secondary N) is 2. The number of carboxylic acids is 1. The van der Waals surface area contributed by atoms with Gasteiger partial charge in [-0.1, -0.05) is 0 Å². The summed E-state index contributed by atoms with van der Waals surface area (Å²) >= 11 is 0. The number of hydrogen-bond acceptors (Lipinski definition) is 3. The van der Waals surface area contributed by atoms with Crippen LogP contribution in [0.1, 0.15) is 51.4 Å². The number of carbonyl (C=O) groups is 2. The van der Waals surface area contributed by atoms with Crippen LogP contribution in [0.25, 0.3) is 0 Å². The van der Waals surface area contributed by atoms with Gasteiger partial charge in [-0.05, 0) is 50.9 Å². The lowest BCUT2D eigenvalue weighted by molar-refractivity contribution is -0.141. The molecule has 0 aromatic heterocycles. The fraction of sp³-hybridized carbons (Fsp3) is 0.867. The monoisotopic (exact) mass is 280 g/mol. The van der Waals surface area contributed by atoms with E-state index in [4.69, 9.17) is 5.11 Å². The van der Waals surface area contributed by atoms with Gasteiger partial charge < -0.3 is 15.7 Å². The minimum Gasteiger partial charge on any atom is -0.481 e. The second kappa shape index (κ2) is 5.72. The summed E-state index contributed by atoms with van der Waals surface area (Å²) in [5, 5.41) is 15.6. The standard InChI is InChI=1S/C15H24N2O3/c18-14(17-13-2-1-10(8-13)15(19)20)7-9-5-11-3-4-12(6-9)16-11/h9-13,16H,1-8H2,(H,17,18)(H,19,20). The van der Waals surface area contributed by atoms with Crippen LogP contribution in [0.3, 0.4) is 0 Å². The Hall–Kier alpha value is -1.10. The molecule has 2 aliphatic heterocycles. The Morgan fingerprint density at radius 1 is 1.05 bits per heavy atom. The van der Waals surface area contributed by atoms with Gasteiger partial charge in [0.1, 0.15) is 0 Å². The Morgan fingerprint density at radius 3 is 2.35 bits per heavy atom. The molecule has 2 bridgehead atoms. The quantitative estimate of drug-likeness (QED) is 0.725. The SMILES string of the molecule is O=C(CC1CC2CCC(C1)N2)NC1CCC(C(=O)O)C1. The Kier molecular flexibility index (Phi) is 3.96. The van der Waals surface area contributed by atoms with Crippen molar-refractivity contribution in [3.05, 3.63) is 0 Å². The highest BCUT2D eigenvalue weighted by Gasteiger charge is 2.35. The van der Waals surface area contributed by atoms with Crippen molar-refractivity contribution in [2.45, 2.75) is 69.5 Å². The minimum absolute atomic E-state index is 0.0713. The number of piperidine rings is 1. The summed E-state index contributed by atoms with van der Waals surface area (Å²) in [6.07, 6.45) is 7.45. The Balaban J connectivity index is 1.43. The number of fused-ring (bicyclic) bond motifs is 2. The van der Waals surface area contributed by atoms with Gasteiger partial charge in [-0.25, -0.2) is 0 Å². The first-order chi connectivity index (χ1) is 9.60. The first-order valence-corrected chi connectivity index (χ1v) is 7.88. The van der Waals surface area contributed by atoms with Crippen molar-refractivity contribution in [2.75, 3.05) is 0 Å². The van der Waals surface area contributed by atoms with Crippen LogP contribution in [0.4, 0.5) is 0 Å². The van der Waals surface area contributed by atoms with Crippen molar-refractivity contribution in [1.29, 1.82) is 0 Å². The fourth-order valence-electron chi connectivity index (χ4n) is 4.23. The number of carbonyl (C=O) groups excluding carboxylic acids is 1. The van der Waals surface area contributed by atoms with E-state index in [9.17, 15) is 9.59 Å². The molecule has 1 amide bonds. The van der Waals surface area contributed by atoms with E-state index < -0.39 is 5.97 Å². The van der Waals surface area contributed by atoms with Crippen LogP contribution in [0, 0.1) is 11.8 Å². The van der Waals surface area contributed by atoms with Gasteiger partial charge in [-0.3, -0.25) is 9.59 Å². The van der Waals surface area contributed by atoms with E-state index in [1.54, 1.807) is 0 Å². The Bertz CT molecular complexity index is 387. The maximum absolute atomic E-state index is 12.1. The van der Waals surface area contributed by atoms with E-state index in [1.807, 2.05) is 0 Å². The van der Waals surface area contributed by atoms with Crippen molar-refractivity contribution in [2.24, 2.45) is 11.8 Å². The molecule has 5 heteroatoms. The second-order valence-corrected chi connectivity index (χ2v) is 6.79. The zero-order chi connectivity index (χ0) is 14.1. The highest BCUT2D eigenvalue weighted by Crippen LogP contribution is 2.33. The van der Waals surface area contributed by atoms with Crippen LogP contribution < -0.4 is 10.6 Å². The average molecular weight is 280 g/mol. The molecule has 0 aromatic carbocycles. The van der Waals surface area contributed by atoms with Crippen molar-refractivity contribution in [3.8, 4) is 0 Å². The van der Waals surface area contributed by atoms with Gasteiger partial charge in [-0.2, -0.15) is 0 Å². The predicted octanol–water partition coefficient (Wildman–Crippen LogP) is 1.28. The maximum atomic E-state index is 12.1. The largest absolute Gasteiger partial charge is 0.481 e. The first-order valence-electron chi connectivity index (χ1n) is 7.88. The zero-order valence-electron chi connectivity index (χ0n) is 11.8. The van der Waals surface area contributed by atoms with Crippen LogP contribution in [-0.4, -0.2) is 35.1 Å². The van der Waals surface area contributed by atoms with Gasteiger partial charge in [0, 0.05) is 24.5 Å². The Labute approximate surface area is 119 Å². The molecule has 0 aromatic rings. The maximum Gasteiger partial charge on any atom is 0.306 e. The summed E-state index contributed by atoms with van der Waals surface area (Å²) in [4.78, 5) is 23.0. The highest BCUT2D eigenvalue weighted by atomic mass is 16.4. The molecule has 1 aliphatic carbocycles. The van der Waals surface area contributed by atoms with E-state index in [0.717, 1.165) is 19.3 Å². The Morgan fingerprint density at radius 2 is 1.75 bits per heavy atom. The van der Waals surface area contributed by atoms with Gasteiger partial charge in [-0.15, -0.1) is 0 Å². The van der Waals surface area contributed by atoms with Gasteiger partial charge in [0.2, 0.25) is 5.91 Å². The summed E-state index contributed by atoms with van der Waals surface area (Å²) < 4.78 is 0. The van der Waals surface area contributed by atoms with Crippen molar-refractivity contribution >= 4 is 11.9 Å². The van der Waals surface area contributed by atoms with Crippen LogP contribution >= 0.6 is 0 Å². The summed E-state index contributed by atoms with van der Waals surface area (Å²) in [6, 6.07) is 1.31. The van der Waals surface area contributed by atoms with E-state index >= 15 is 0 Å². The number of aliphatic carboxylic acids is 1. The molecular formula is C15H24N2O3. The minimum atomic E-state index is -0.725. The van der Waals surface area contributed by atoms with Crippen molar-refractivity contribution in [1.82, 2.24) is 10.6 Å². The molecule has 3 aliphatic rings. The second-order valence-electron chi connectivity index (χ2n) is 6.79. The first kappa shape index (κ1) is 13.9. The molecule has 1 saturated carbocycles. The lowest BCUT2D eigenvalue weighted by Gasteiger charge is -2.29.